The summed E-state index contributed by atoms with van der Waals surface area (Å²) in [6.45, 7) is 4.71. The molecule has 176 valence electrons. The number of ketones is 1. The first-order valence-electron chi connectivity index (χ1n) is 11.1. The van der Waals surface area contributed by atoms with E-state index < -0.39 is 30.9 Å². The Balaban J connectivity index is 2.52. The van der Waals surface area contributed by atoms with Crippen LogP contribution in [0.15, 0.2) is 41.6 Å². The second-order valence-electron chi connectivity index (χ2n) is 7.25. The lowest BCUT2D eigenvalue weighted by Gasteiger charge is -2.26. The summed E-state index contributed by atoms with van der Waals surface area (Å²) in [6.07, 6.45) is 3.91. The van der Waals surface area contributed by atoms with E-state index in [1.807, 2.05) is 0 Å². The van der Waals surface area contributed by atoms with Crippen LogP contribution in [-0.2, 0) is 27.9 Å². The first kappa shape index (κ1) is 26.0. The average molecular weight is 465 g/mol. The van der Waals surface area contributed by atoms with Gasteiger partial charge in [-0.05, 0) is 64.2 Å². The molecule has 1 aliphatic carbocycles. The maximum absolute atomic E-state index is 13.7. The molecule has 1 aromatic carbocycles. The van der Waals surface area contributed by atoms with Crippen LogP contribution in [0.2, 0.25) is 0 Å². The Morgan fingerprint density at radius 2 is 1.53 bits per heavy atom. The fraction of sp³-hybridized carbons (Fsp3) is 0.522. The highest BCUT2D eigenvalue weighted by Crippen LogP contribution is 2.54. The summed E-state index contributed by atoms with van der Waals surface area (Å²) in [6, 6.07) is 8.45. The van der Waals surface area contributed by atoms with Crippen molar-refractivity contribution < 1.29 is 32.7 Å². The van der Waals surface area contributed by atoms with Gasteiger partial charge in [-0.3, -0.25) is 18.9 Å². The van der Waals surface area contributed by atoms with Crippen molar-refractivity contribution in [3.05, 3.63) is 47.2 Å². The van der Waals surface area contributed by atoms with Crippen molar-refractivity contribution in [3.63, 3.8) is 0 Å². The first-order chi connectivity index (χ1) is 15.4. The van der Waals surface area contributed by atoms with E-state index in [1.54, 1.807) is 51.1 Å². The molecule has 1 saturated carbocycles. The van der Waals surface area contributed by atoms with Gasteiger partial charge in [0.05, 0.1) is 25.5 Å². The van der Waals surface area contributed by atoms with Crippen LogP contribution >= 0.6 is 7.60 Å². The molecule has 0 radical (unpaired) electrons. The minimum absolute atomic E-state index is 0.0108. The number of ether oxygens (including phenoxy) is 1. The van der Waals surface area contributed by atoms with Crippen LogP contribution in [0.3, 0.4) is 0 Å². The standard InChI is InChI=1S/C23H32NO7P/c1-4-29-23(27)21(32(28,30-5-2)31-6-3)20(25)19(17-13-9-7-10-14-17)24-22(26)18-15-11-8-12-16-18/h8,11-12,15-16,21H,4-7,9-10,13-14H2,1-3H3,(H,24,26). The van der Waals surface area contributed by atoms with Gasteiger partial charge in [-0.2, -0.15) is 0 Å². The van der Waals surface area contributed by atoms with Crippen molar-refractivity contribution in [2.45, 2.75) is 58.5 Å². The zero-order valence-electron chi connectivity index (χ0n) is 18.9. The third kappa shape index (κ3) is 6.61. The van der Waals surface area contributed by atoms with Gasteiger partial charge in [0, 0.05) is 5.56 Å². The SMILES string of the molecule is CCOC(=O)C(C(=O)C(NC(=O)c1ccccc1)=C1CCCCC1)P(=O)(OCC)OCC. The number of amides is 1. The van der Waals surface area contributed by atoms with Gasteiger partial charge in [0.1, 0.15) is 0 Å². The number of benzene rings is 1. The highest BCUT2D eigenvalue weighted by Gasteiger charge is 2.49. The molecule has 1 aromatic rings. The average Bonchev–Trinajstić information content (AvgIpc) is 2.79. The molecule has 0 aliphatic heterocycles. The monoisotopic (exact) mass is 465 g/mol. The molecule has 0 heterocycles. The van der Waals surface area contributed by atoms with Gasteiger partial charge in [-0.15, -0.1) is 0 Å². The fourth-order valence-electron chi connectivity index (χ4n) is 3.61. The van der Waals surface area contributed by atoms with Crippen molar-refractivity contribution in [2.75, 3.05) is 19.8 Å². The van der Waals surface area contributed by atoms with E-state index in [-0.39, 0.29) is 25.5 Å². The van der Waals surface area contributed by atoms with Gasteiger partial charge < -0.3 is 19.1 Å². The lowest BCUT2D eigenvalue weighted by Crippen LogP contribution is -2.40. The molecular weight excluding hydrogens is 433 g/mol. The second-order valence-corrected chi connectivity index (χ2v) is 9.37. The number of esters is 1. The van der Waals surface area contributed by atoms with Crippen LogP contribution in [0, 0.1) is 0 Å². The Bertz CT molecular complexity index is 864. The fourth-order valence-corrected chi connectivity index (χ4v) is 5.45. The van der Waals surface area contributed by atoms with Crippen molar-refractivity contribution in [1.82, 2.24) is 5.32 Å². The molecule has 1 fully saturated rings. The minimum atomic E-state index is -4.20. The summed E-state index contributed by atoms with van der Waals surface area (Å²) in [5.41, 5.74) is -0.752. The number of nitrogens with one attached hydrogen (secondary N) is 1. The smallest absolute Gasteiger partial charge is 0.352 e. The number of Topliss-reactive ketones (excluding diaryl/α,β-unsaturated/α-hetero) is 1. The maximum Gasteiger partial charge on any atom is 0.352 e. The Hall–Kier alpha value is -2.28. The number of carbonyl (C=O) groups is 3. The summed E-state index contributed by atoms with van der Waals surface area (Å²) in [4.78, 5) is 39.4. The van der Waals surface area contributed by atoms with E-state index in [4.69, 9.17) is 13.8 Å². The highest BCUT2D eigenvalue weighted by atomic mass is 31.2. The molecule has 1 unspecified atom stereocenters. The van der Waals surface area contributed by atoms with Crippen molar-refractivity contribution in [1.29, 1.82) is 0 Å². The third-order valence-corrected chi connectivity index (χ3v) is 7.34. The molecule has 1 N–H and O–H groups in total. The highest BCUT2D eigenvalue weighted by molar-refractivity contribution is 7.57. The minimum Gasteiger partial charge on any atom is -0.465 e. The van der Waals surface area contributed by atoms with Gasteiger partial charge >= 0.3 is 13.6 Å². The predicted octanol–water partition coefficient (Wildman–Crippen LogP) is 4.40. The molecular formula is C23H32NO7P. The Morgan fingerprint density at radius 3 is 2.06 bits per heavy atom. The molecule has 8 nitrogen and oxygen atoms in total. The molecule has 1 atom stereocenters. The van der Waals surface area contributed by atoms with E-state index in [0.29, 0.717) is 18.4 Å². The number of hydrogen-bond donors (Lipinski definition) is 1. The molecule has 9 heteroatoms. The number of allylic oxidation sites excluding steroid dienone is 2. The van der Waals surface area contributed by atoms with Gasteiger partial charge in [0.25, 0.3) is 5.91 Å². The Morgan fingerprint density at radius 1 is 0.938 bits per heavy atom. The Kier molecular flexibility index (Phi) is 10.3. The van der Waals surface area contributed by atoms with Crippen LogP contribution in [0.5, 0.6) is 0 Å². The summed E-state index contributed by atoms with van der Waals surface area (Å²) in [5.74, 6) is -2.29. The van der Waals surface area contributed by atoms with E-state index >= 15 is 0 Å². The quantitative estimate of drug-likeness (QED) is 0.223. The summed E-state index contributed by atoms with van der Waals surface area (Å²) < 4.78 is 29.2. The summed E-state index contributed by atoms with van der Waals surface area (Å²) >= 11 is 0. The molecule has 32 heavy (non-hydrogen) atoms. The van der Waals surface area contributed by atoms with E-state index in [1.165, 1.54) is 0 Å². The first-order valence-corrected chi connectivity index (χ1v) is 12.7. The lowest BCUT2D eigenvalue weighted by molar-refractivity contribution is -0.145. The predicted molar refractivity (Wildman–Crippen MR) is 120 cm³/mol. The van der Waals surface area contributed by atoms with Gasteiger partial charge in [-0.25, -0.2) is 0 Å². The molecule has 0 aromatic heterocycles. The van der Waals surface area contributed by atoms with Crippen LogP contribution in [-0.4, -0.2) is 43.1 Å². The molecule has 2 rings (SSSR count). The van der Waals surface area contributed by atoms with E-state index in [0.717, 1.165) is 24.8 Å². The zero-order valence-corrected chi connectivity index (χ0v) is 19.8. The van der Waals surface area contributed by atoms with Crippen LogP contribution in [0.1, 0.15) is 63.2 Å². The molecule has 0 bridgehead atoms. The summed E-state index contributed by atoms with van der Waals surface area (Å²) in [5, 5.41) is 2.69. The van der Waals surface area contributed by atoms with Crippen molar-refractivity contribution in [2.24, 2.45) is 0 Å². The molecule has 1 aliphatic rings. The van der Waals surface area contributed by atoms with Crippen LogP contribution in [0.25, 0.3) is 0 Å². The van der Waals surface area contributed by atoms with Gasteiger partial charge in [-0.1, -0.05) is 24.6 Å². The maximum atomic E-state index is 13.7. The van der Waals surface area contributed by atoms with Crippen molar-refractivity contribution >= 4 is 25.3 Å². The van der Waals surface area contributed by atoms with E-state index in [9.17, 15) is 18.9 Å². The number of hydrogen-bond acceptors (Lipinski definition) is 7. The lowest BCUT2D eigenvalue weighted by atomic mass is 9.91. The van der Waals surface area contributed by atoms with Crippen LogP contribution in [0.4, 0.5) is 0 Å². The molecule has 0 saturated heterocycles. The third-order valence-electron chi connectivity index (χ3n) is 5.02. The topological polar surface area (TPSA) is 108 Å². The molecule has 1 amide bonds. The van der Waals surface area contributed by atoms with Gasteiger partial charge in [0.15, 0.2) is 0 Å². The second kappa shape index (κ2) is 12.7. The molecule has 0 spiro atoms. The zero-order chi connectivity index (χ0) is 23.6. The van der Waals surface area contributed by atoms with Gasteiger partial charge in [0.2, 0.25) is 11.4 Å². The van der Waals surface area contributed by atoms with Crippen LogP contribution < -0.4 is 5.32 Å². The summed E-state index contributed by atoms with van der Waals surface area (Å²) in [7, 11) is -4.20. The number of rotatable bonds is 11. The number of carbonyl (C=O) groups excluding carboxylic acids is 3. The van der Waals surface area contributed by atoms with E-state index in [2.05, 4.69) is 5.32 Å². The largest absolute Gasteiger partial charge is 0.465 e. The normalized spacial score (nSPS) is 15.0. The Labute approximate surface area is 189 Å². The van der Waals surface area contributed by atoms with Crippen molar-refractivity contribution in [3.8, 4) is 0 Å².